The molecule has 1 aliphatic rings. The minimum absolute atomic E-state index is 0.102. The second-order valence-corrected chi connectivity index (χ2v) is 5.35. The third-order valence-electron chi connectivity index (χ3n) is 2.12. The molecule has 1 atom stereocenters. The predicted octanol–water partition coefficient (Wildman–Crippen LogP) is 0.0678. The highest BCUT2D eigenvalue weighted by Gasteiger charge is 2.18. The lowest BCUT2D eigenvalue weighted by Crippen LogP contribution is -2.46. The van der Waals surface area contributed by atoms with E-state index in [4.69, 9.17) is 0 Å². The van der Waals surface area contributed by atoms with Crippen LogP contribution in [-0.2, 0) is 10.0 Å². The monoisotopic (exact) mass is 206 g/mol. The molecule has 13 heavy (non-hydrogen) atoms. The minimum Gasteiger partial charge on any atom is -0.315 e. The van der Waals surface area contributed by atoms with Crippen molar-refractivity contribution in [1.82, 2.24) is 10.0 Å². The Hall–Kier alpha value is -0.130. The Morgan fingerprint density at radius 1 is 1.54 bits per heavy atom. The summed E-state index contributed by atoms with van der Waals surface area (Å²) in [6.45, 7) is 3.65. The molecule has 1 unspecified atom stereocenters. The fourth-order valence-electron chi connectivity index (χ4n) is 1.53. The summed E-state index contributed by atoms with van der Waals surface area (Å²) in [4.78, 5) is 0. The van der Waals surface area contributed by atoms with E-state index in [0.717, 1.165) is 25.9 Å². The summed E-state index contributed by atoms with van der Waals surface area (Å²) >= 11 is 0. The van der Waals surface area contributed by atoms with Gasteiger partial charge in [0.05, 0.1) is 5.75 Å². The maximum absolute atomic E-state index is 11.4. The van der Waals surface area contributed by atoms with Crippen LogP contribution in [0.1, 0.15) is 26.2 Å². The molecule has 0 saturated carbocycles. The van der Waals surface area contributed by atoms with Crippen LogP contribution >= 0.6 is 0 Å². The Balaban J connectivity index is 2.37. The third kappa shape index (κ3) is 4.06. The summed E-state index contributed by atoms with van der Waals surface area (Å²) in [6, 6.07) is 0.102. The van der Waals surface area contributed by atoms with Crippen molar-refractivity contribution in [2.24, 2.45) is 0 Å². The minimum atomic E-state index is -3.02. The molecule has 0 bridgehead atoms. The highest BCUT2D eigenvalue weighted by atomic mass is 32.2. The van der Waals surface area contributed by atoms with Gasteiger partial charge >= 0.3 is 0 Å². The number of hydrogen-bond acceptors (Lipinski definition) is 3. The highest BCUT2D eigenvalue weighted by Crippen LogP contribution is 2.03. The molecular weight excluding hydrogens is 188 g/mol. The summed E-state index contributed by atoms with van der Waals surface area (Å²) in [5, 5.41) is 3.17. The summed E-state index contributed by atoms with van der Waals surface area (Å²) in [5.41, 5.74) is 0. The van der Waals surface area contributed by atoms with E-state index in [1.807, 2.05) is 6.92 Å². The first-order valence-electron chi connectivity index (χ1n) is 4.85. The first-order chi connectivity index (χ1) is 6.14. The number of hydrogen-bond donors (Lipinski definition) is 2. The summed E-state index contributed by atoms with van der Waals surface area (Å²) < 4.78 is 25.4. The van der Waals surface area contributed by atoms with Crippen molar-refractivity contribution in [2.45, 2.75) is 32.2 Å². The number of rotatable bonds is 4. The van der Waals surface area contributed by atoms with Crippen molar-refractivity contribution < 1.29 is 8.42 Å². The molecule has 4 nitrogen and oxygen atoms in total. The molecule has 1 heterocycles. The van der Waals surface area contributed by atoms with Crippen molar-refractivity contribution in [3.8, 4) is 0 Å². The molecule has 2 N–H and O–H groups in total. The van der Waals surface area contributed by atoms with Crippen molar-refractivity contribution in [3.63, 3.8) is 0 Å². The zero-order valence-corrected chi connectivity index (χ0v) is 8.86. The molecule has 5 heteroatoms. The van der Waals surface area contributed by atoms with Crippen LogP contribution in [-0.4, -0.2) is 33.3 Å². The first kappa shape index (κ1) is 10.9. The van der Waals surface area contributed by atoms with Gasteiger partial charge < -0.3 is 5.32 Å². The second-order valence-electron chi connectivity index (χ2n) is 3.48. The quantitative estimate of drug-likeness (QED) is 0.684. The molecule has 1 rings (SSSR count). The average Bonchev–Trinajstić information content (AvgIpc) is 2.04. The van der Waals surface area contributed by atoms with E-state index in [-0.39, 0.29) is 11.8 Å². The molecule has 1 aliphatic heterocycles. The van der Waals surface area contributed by atoms with Crippen molar-refractivity contribution >= 4 is 10.0 Å². The third-order valence-corrected chi connectivity index (χ3v) is 3.75. The largest absolute Gasteiger partial charge is 0.315 e. The summed E-state index contributed by atoms with van der Waals surface area (Å²) in [7, 11) is -3.02. The fourth-order valence-corrected chi connectivity index (χ4v) is 2.90. The van der Waals surface area contributed by atoms with E-state index >= 15 is 0 Å². The van der Waals surface area contributed by atoms with Gasteiger partial charge in [-0.1, -0.05) is 6.92 Å². The van der Waals surface area contributed by atoms with Gasteiger partial charge in [0.1, 0.15) is 0 Å². The molecule has 1 saturated heterocycles. The van der Waals surface area contributed by atoms with Gasteiger partial charge in [0.2, 0.25) is 10.0 Å². The van der Waals surface area contributed by atoms with Gasteiger partial charge in [0, 0.05) is 12.6 Å². The van der Waals surface area contributed by atoms with Crippen LogP contribution in [0.4, 0.5) is 0 Å². The van der Waals surface area contributed by atoms with E-state index in [1.54, 1.807) is 0 Å². The van der Waals surface area contributed by atoms with Gasteiger partial charge in [-0.2, -0.15) is 0 Å². The van der Waals surface area contributed by atoms with Gasteiger partial charge in [-0.25, -0.2) is 13.1 Å². The smallest absolute Gasteiger partial charge is 0.211 e. The van der Waals surface area contributed by atoms with Crippen LogP contribution in [0.25, 0.3) is 0 Å². The van der Waals surface area contributed by atoms with Crippen LogP contribution in [0, 0.1) is 0 Å². The standard InChI is InChI=1S/C8H18N2O2S/c1-2-6-13(11,12)10-8-4-3-5-9-7-8/h8-10H,2-7H2,1H3. The van der Waals surface area contributed by atoms with E-state index < -0.39 is 10.0 Å². The Morgan fingerprint density at radius 2 is 2.31 bits per heavy atom. The van der Waals surface area contributed by atoms with E-state index in [1.165, 1.54) is 0 Å². The molecule has 0 aromatic carbocycles. The zero-order valence-electron chi connectivity index (χ0n) is 8.04. The van der Waals surface area contributed by atoms with Crippen LogP contribution < -0.4 is 10.0 Å². The number of piperidine rings is 1. The van der Waals surface area contributed by atoms with Gasteiger partial charge in [-0.3, -0.25) is 0 Å². The molecule has 0 aromatic rings. The molecule has 0 aromatic heterocycles. The Bertz CT molecular complexity index is 233. The van der Waals surface area contributed by atoms with Crippen LogP contribution in [0.2, 0.25) is 0 Å². The van der Waals surface area contributed by atoms with E-state index in [0.29, 0.717) is 6.42 Å². The second kappa shape index (κ2) is 4.93. The Labute approximate surface area is 80.1 Å². The molecular formula is C8H18N2O2S. The normalized spacial score (nSPS) is 24.5. The average molecular weight is 206 g/mol. The van der Waals surface area contributed by atoms with Gasteiger partial charge in [-0.05, 0) is 25.8 Å². The topological polar surface area (TPSA) is 58.2 Å². The lowest BCUT2D eigenvalue weighted by molar-refractivity contribution is 0.428. The predicted molar refractivity (Wildman–Crippen MR) is 53.1 cm³/mol. The molecule has 0 aliphatic carbocycles. The lowest BCUT2D eigenvalue weighted by Gasteiger charge is -2.23. The Kier molecular flexibility index (Phi) is 4.15. The maximum atomic E-state index is 11.4. The van der Waals surface area contributed by atoms with E-state index in [9.17, 15) is 8.42 Å². The summed E-state index contributed by atoms with van der Waals surface area (Å²) in [6.07, 6.45) is 2.69. The molecule has 0 radical (unpaired) electrons. The molecule has 1 fully saturated rings. The van der Waals surface area contributed by atoms with Gasteiger partial charge in [0.25, 0.3) is 0 Å². The van der Waals surface area contributed by atoms with E-state index in [2.05, 4.69) is 10.0 Å². The first-order valence-corrected chi connectivity index (χ1v) is 6.50. The Morgan fingerprint density at radius 3 is 2.85 bits per heavy atom. The summed E-state index contributed by atoms with van der Waals surface area (Å²) in [5.74, 6) is 0.240. The SMILES string of the molecule is CCCS(=O)(=O)NC1CCCNC1. The van der Waals surface area contributed by atoms with Crippen LogP contribution in [0.15, 0.2) is 0 Å². The van der Waals surface area contributed by atoms with Crippen molar-refractivity contribution in [2.75, 3.05) is 18.8 Å². The van der Waals surface area contributed by atoms with Crippen LogP contribution in [0.5, 0.6) is 0 Å². The van der Waals surface area contributed by atoms with Gasteiger partial charge in [0.15, 0.2) is 0 Å². The fraction of sp³-hybridized carbons (Fsp3) is 1.00. The number of sulfonamides is 1. The molecule has 0 amide bonds. The zero-order chi connectivity index (χ0) is 9.73. The number of nitrogens with one attached hydrogen (secondary N) is 2. The molecule has 0 spiro atoms. The van der Waals surface area contributed by atoms with Crippen molar-refractivity contribution in [1.29, 1.82) is 0 Å². The van der Waals surface area contributed by atoms with Gasteiger partial charge in [-0.15, -0.1) is 0 Å². The molecule has 78 valence electrons. The lowest BCUT2D eigenvalue weighted by atomic mass is 10.1. The highest BCUT2D eigenvalue weighted by molar-refractivity contribution is 7.89. The maximum Gasteiger partial charge on any atom is 0.211 e. The van der Waals surface area contributed by atoms with Crippen LogP contribution in [0.3, 0.4) is 0 Å². The van der Waals surface area contributed by atoms with Crippen molar-refractivity contribution in [3.05, 3.63) is 0 Å².